The van der Waals surface area contributed by atoms with E-state index in [1.807, 2.05) is 0 Å². The van der Waals surface area contributed by atoms with Crippen LogP contribution in [0, 0.1) is 0 Å². The molecule has 1 unspecified atom stereocenters. The highest BCUT2D eigenvalue weighted by atomic mass is 32.2. The zero-order valence-corrected chi connectivity index (χ0v) is 12.1. The summed E-state index contributed by atoms with van der Waals surface area (Å²) in [5.74, 6) is 0. The molecule has 7 heteroatoms. The van der Waals surface area contributed by atoms with Crippen molar-refractivity contribution in [3.05, 3.63) is 0 Å². The molecular weight excluding hydrogens is 258 g/mol. The molecule has 0 bridgehead atoms. The molecule has 0 spiro atoms. The van der Waals surface area contributed by atoms with Crippen LogP contribution in [0.2, 0.25) is 0 Å². The number of nitrogens with two attached hydrogens (primary N) is 1. The van der Waals surface area contributed by atoms with Crippen molar-refractivity contribution in [1.29, 1.82) is 0 Å². The third kappa shape index (κ3) is 4.17. The molecule has 1 fully saturated rings. The van der Waals surface area contributed by atoms with Gasteiger partial charge in [-0.25, -0.2) is 8.42 Å². The molecule has 1 aliphatic rings. The average molecular weight is 279 g/mol. The van der Waals surface area contributed by atoms with Gasteiger partial charge in [-0.1, -0.05) is 25.6 Å². The van der Waals surface area contributed by atoms with Crippen molar-refractivity contribution in [1.82, 2.24) is 9.21 Å². The van der Waals surface area contributed by atoms with E-state index in [0.717, 1.165) is 12.8 Å². The predicted molar refractivity (Wildman–Crippen MR) is 73.5 cm³/mol. The molecule has 5 nitrogen and oxygen atoms in total. The third-order valence-electron chi connectivity index (χ3n) is 3.07. The van der Waals surface area contributed by atoms with Gasteiger partial charge in [-0.15, -0.1) is 0 Å². The first-order valence-electron chi connectivity index (χ1n) is 5.84. The maximum atomic E-state index is 11.4. The lowest BCUT2D eigenvalue weighted by Gasteiger charge is -2.37. The van der Waals surface area contributed by atoms with Gasteiger partial charge in [0.25, 0.3) is 0 Å². The van der Waals surface area contributed by atoms with E-state index >= 15 is 0 Å². The third-order valence-corrected chi connectivity index (χ3v) is 4.65. The largest absolute Gasteiger partial charge is 0.392 e. The first kappa shape index (κ1) is 14.8. The molecule has 0 amide bonds. The number of piperazine rings is 1. The summed E-state index contributed by atoms with van der Waals surface area (Å²) < 4.78 is 24.3. The van der Waals surface area contributed by atoms with Gasteiger partial charge in [0.1, 0.15) is 0 Å². The highest BCUT2D eigenvalue weighted by Crippen LogP contribution is 2.13. The Kier molecular flexibility index (Phi) is 5.30. The zero-order valence-electron chi connectivity index (χ0n) is 10.4. The van der Waals surface area contributed by atoms with Crippen LogP contribution in [0.15, 0.2) is 0 Å². The Balaban J connectivity index is 2.58. The molecule has 1 rings (SSSR count). The fourth-order valence-corrected chi connectivity index (χ4v) is 3.22. The normalized spacial score (nSPS) is 21.3. The number of rotatable bonds is 5. The summed E-state index contributed by atoms with van der Waals surface area (Å²) in [4.78, 5) is 2.70. The van der Waals surface area contributed by atoms with Crippen LogP contribution >= 0.6 is 12.2 Å². The number of thiocarbonyl (C=S) groups is 1. The molecule has 0 radical (unpaired) electrons. The van der Waals surface area contributed by atoms with E-state index in [2.05, 4.69) is 11.8 Å². The van der Waals surface area contributed by atoms with Gasteiger partial charge >= 0.3 is 0 Å². The van der Waals surface area contributed by atoms with Gasteiger partial charge in [-0.2, -0.15) is 4.31 Å². The lowest BCUT2D eigenvalue weighted by atomic mass is 10.1. The van der Waals surface area contributed by atoms with Gasteiger partial charge in [-0.3, -0.25) is 4.90 Å². The van der Waals surface area contributed by atoms with Crippen LogP contribution in [0.25, 0.3) is 0 Å². The summed E-state index contributed by atoms with van der Waals surface area (Å²) >= 11 is 5.07. The highest BCUT2D eigenvalue weighted by molar-refractivity contribution is 7.88. The van der Waals surface area contributed by atoms with Crippen LogP contribution < -0.4 is 5.73 Å². The summed E-state index contributed by atoms with van der Waals surface area (Å²) in [6.07, 6.45) is 3.21. The molecule has 1 heterocycles. The van der Waals surface area contributed by atoms with Crippen LogP contribution in [0.3, 0.4) is 0 Å². The Morgan fingerprint density at radius 2 is 1.88 bits per heavy atom. The molecule has 0 saturated carbocycles. The average Bonchev–Trinajstić information content (AvgIpc) is 2.24. The Morgan fingerprint density at radius 1 is 1.35 bits per heavy atom. The summed E-state index contributed by atoms with van der Waals surface area (Å²) in [6, 6.07) is 0.108. The van der Waals surface area contributed by atoms with Crippen LogP contribution in [-0.4, -0.2) is 61.1 Å². The number of hydrogen-bond acceptors (Lipinski definition) is 4. The molecule has 1 atom stereocenters. The Hall–Kier alpha value is -0.240. The quantitative estimate of drug-likeness (QED) is 0.719. The second kappa shape index (κ2) is 6.08. The monoisotopic (exact) mass is 279 g/mol. The minimum atomic E-state index is -3.06. The van der Waals surface area contributed by atoms with Gasteiger partial charge in [0.15, 0.2) is 0 Å². The molecular formula is C10H21N3O2S2. The minimum Gasteiger partial charge on any atom is -0.392 e. The lowest BCUT2D eigenvalue weighted by molar-refractivity contribution is 0.163. The van der Waals surface area contributed by atoms with Crippen molar-refractivity contribution in [2.75, 3.05) is 32.4 Å². The molecule has 2 N–H and O–H groups in total. The SMILES string of the molecule is CCCC(C(N)=S)N1CCN(S(C)(=O)=O)CC1. The summed E-state index contributed by atoms with van der Waals surface area (Å²) in [7, 11) is -3.06. The maximum absolute atomic E-state index is 11.4. The zero-order chi connectivity index (χ0) is 13.1. The summed E-state index contributed by atoms with van der Waals surface area (Å²) in [5, 5.41) is 0. The summed E-state index contributed by atoms with van der Waals surface area (Å²) in [5.41, 5.74) is 5.73. The molecule has 0 aromatic rings. The predicted octanol–water partition coefficient (Wildman–Crippen LogP) is 0.0184. The van der Waals surface area contributed by atoms with E-state index in [0.29, 0.717) is 31.2 Å². The smallest absolute Gasteiger partial charge is 0.211 e. The molecule has 1 aliphatic heterocycles. The second-order valence-corrected chi connectivity index (χ2v) is 6.86. The standard InChI is InChI=1S/C10H21N3O2S2/c1-3-4-9(10(11)16)12-5-7-13(8-6-12)17(2,14)15/h9H,3-8H2,1-2H3,(H2,11,16). The van der Waals surface area contributed by atoms with Crippen LogP contribution in [0.1, 0.15) is 19.8 Å². The first-order chi connectivity index (χ1) is 7.86. The Bertz CT molecular complexity index is 362. The van der Waals surface area contributed by atoms with Crippen LogP contribution in [0.4, 0.5) is 0 Å². The topological polar surface area (TPSA) is 66.6 Å². The number of nitrogens with zero attached hydrogens (tertiary/aromatic N) is 2. The van der Waals surface area contributed by atoms with Crippen molar-refractivity contribution >= 4 is 27.2 Å². The molecule has 1 saturated heterocycles. The van der Waals surface area contributed by atoms with Gasteiger partial charge in [0.05, 0.1) is 17.3 Å². The van der Waals surface area contributed by atoms with Crippen molar-refractivity contribution in [2.24, 2.45) is 5.73 Å². The lowest BCUT2D eigenvalue weighted by Crippen LogP contribution is -2.54. The molecule has 0 aliphatic carbocycles. The van der Waals surface area contributed by atoms with E-state index in [4.69, 9.17) is 18.0 Å². The van der Waals surface area contributed by atoms with Crippen molar-refractivity contribution in [3.8, 4) is 0 Å². The van der Waals surface area contributed by atoms with Crippen LogP contribution in [0.5, 0.6) is 0 Å². The van der Waals surface area contributed by atoms with Gasteiger partial charge in [-0.05, 0) is 6.42 Å². The van der Waals surface area contributed by atoms with E-state index in [-0.39, 0.29) is 6.04 Å². The molecule has 0 aromatic carbocycles. The van der Waals surface area contributed by atoms with E-state index < -0.39 is 10.0 Å². The van der Waals surface area contributed by atoms with Crippen molar-refractivity contribution in [2.45, 2.75) is 25.8 Å². The van der Waals surface area contributed by atoms with Crippen molar-refractivity contribution < 1.29 is 8.42 Å². The van der Waals surface area contributed by atoms with E-state index in [1.165, 1.54) is 10.6 Å². The van der Waals surface area contributed by atoms with Gasteiger partial charge in [0.2, 0.25) is 10.0 Å². The molecule has 17 heavy (non-hydrogen) atoms. The van der Waals surface area contributed by atoms with E-state index in [1.54, 1.807) is 0 Å². The second-order valence-electron chi connectivity index (χ2n) is 4.40. The van der Waals surface area contributed by atoms with Crippen LogP contribution in [-0.2, 0) is 10.0 Å². The number of hydrogen-bond donors (Lipinski definition) is 1. The fourth-order valence-electron chi connectivity index (χ4n) is 2.13. The maximum Gasteiger partial charge on any atom is 0.211 e. The summed E-state index contributed by atoms with van der Waals surface area (Å²) in [6.45, 7) is 4.56. The molecule has 100 valence electrons. The van der Waals surface area contributed by atoms with Gasteiger partial charge in [0, 0.05) is 26.2 Å². The van der Waals surface area contributed by atoms with E-state index in [9.17, 15) is 8.42 Å². The molecule has 0 aromatic heterocycles. The van der Waals surface area contributed by atoms with Crippen molar-refractivity contribution in [3.63, 3.8) is 0 Å². The fraction of sp³-hybridized carbons (Fsp3) is 0.900. The van der Waals surface area contributed by atoms with Gasteiger partial charge < -0.3 is 5.73 Å². The minimum absolute atomic E-state index is 0.108. The Labute approximate surface area is 109 Å². The highest BCUT2D eigenvalue weighted by Gasteiger charge is 2.28. The number of sulfonamides is 1. The first-order valence-corrected chi connectivity index (χ1v) is 8.10. The Morgan fingerprint density at radius 3 is 2.24 bits per heavy atom.